The highest BCUT2D eigenvalue weighted by Crippen LogP contribution is 2.37. The van der Waals surface area contributed by atoms with Crippen LogP contribution in [0.4, 0.5) is 5.69 Å². The average molecular weight is 278 g/mol. The van der Waals surface area contributed by atoms with Crippen LogP contribution in [0.5, 0.6) is 5.75 Å². The maximum absolute atomic E-state index is 5.31. The van der Waals surface area contributed by atoms with Gasteiger partial charge in [0.25, 0.3) is 0 Å². The summed E-state index contributed by atoms with van der Waals surface area (Å²) < 4.78 is 5.31. The Morgan fingerprint density at radius 2 is 1.90 bits per heavy atom. The van der Waals surface area contributed by atoms with Gasteiger partial charge in [-0.2, -0.15) is 0 Å². The second-order valence-electron chi connectivity index (χ2n) is 5.12. The number of allylic oxidation sites excluding steroid dienone is 6. The summed E-state index contributed by atoms with van der Waals surface area (Å²) in [6.07, 6.45) is 12.5. The first-order valence-corrected chi connectivity index (χ1v) is 6.92. The van der Waals surface area contributed by atoms with E-state index in [1.165, 1.54) is 5.57 Å². The Balaban J connectivity index is 1.95. The van der Waals surface area contributed by atoms with Crippen LogP contribution in [-0.4, -0.2) is 24.8 Å². The average Bonchev–Trinajstić information content (AvgIpc) is 2.81. The smallest absolute Gasteiger partial charge is 0.119 e. The van der Waals surface area contributed by atoms with E-state index in [1.807, 2.05) is 49.5 Å². The molecule has 3 heteroatoms. The summed E-state index contributed by atoms with van der Waals surface area (Å²) in [7, 11) is 3.70. The summed E-state index contributed by atoms with van der Waals surface area (Å²) in [5, 5.41) is 0. The van der Waals surface area contributed by atoms with E-state index in [1.54, 1.807) is 7.11 Å². The number of methoxy groups -OCH3 is 1. The minimum Gasteiger partial charge on any atom is -0.497 e. The van der Waals surface area contributed by atoms with E-state index in [4.69, 9.17) is 4.74 Å². The highest BCUT2D eigenvalue weighted by molar-refractivity contribution is 6.28. The maximum atomic E-state index is 5.31. The molecule has 0 spiro atoms. The lowest BCUT2D eigenvalue weighted by atomic mass is 10.0. The Morgan fingerprint density at radius 1 is 1.14 bits per heavy atom. The molecule has 0 atom stereocenters. The van der Waals surface area contributed by atoms with Crippen LogP contribution in [0.1, 0.15) is 12.5 Å². The number of ether oxygens (including phenoxy) is 1. The first-order chi connectivity index (χ1) is 10.2. The number of rotatable bonds is 2. The van der Waals surface area contributed by atoms with Crippen molar-refractivity contribution in [2.45, 2.75) is 6.92 Å². The second-order valence-corrected chi connectivity index (χ2v) is 5.12. The fourth-order valence-corrected chi connectivity index (χ4v) is 2.40. The van der Waals surface area contributed by atoms with E-state index in [0.29, 0.717) is 0 Å². The van der Waals surface area contributed by atoms with Gasteiger partial charge >= 0.3 is 0 Å². The van der Waals surface area contributed by atoms with Crippen LogP contribution >= 0.6 is 0 Å². The van der Waals surface area contributed by atoms with Crippen LogP contribution in [0.25, 0.3) is 5.57 Å². The minimum absolute atomic E-state index is 0.858. The molecule has 1 aromatic carbocycles. The summed E-state index contributed by atoms with van der Waals surface area (Å²) in [5.74, 6) is 0.858. The lowest BCUT2D eigenvalue weighted by Crippen LogP contribution is -2.02. The lowest BCUT2D eigenvalue weighted by Gasteiger charge is -2.11. The molecule has 2 aliphatic heterocycles. The number of nitrogens with zero attached hydrogens (tertiary/aromatic N) is 2. The molecular formula is C18H18N2O. The molecule has 0 radical (unpaired) electrons. The number of hydrogen-bond acceptors (Lipinski definition) is 3. The Labute approximate surface area is 125 Å². The molecule has 0 saturated heterocycles. The van der Waals surface area contributed by atoms with Gasteiger partial charge in [0, 0.05) is 36.3 Å². The molecule has 0 fully saturated rings. The maximum Gasteiger partial charge on any atom is 0.119 e. The molecule has 106 valence electrons. The molecule has 0 aliphatic carbocycles. The highest BCUT2D eigenvalue weighted by Gasteiger charge is 2.17. The fourth-order valence-electron chi connectivity index (χ4n) is 2.40. The van der Waals surface area contributed by atoms with E-state index in [2.05, 4.69) is 29.3 Å². The summed E-state index contributed by atoms with van der Waals surface area (Å²) in [6.45, 7) is 2.04. The zero-order valence-corrected chi connectivity index (χ0v) is 12.5. The molecule has 2 heterocycles. The van der Waals surface area contributed by atoms with Crippen LogP contribution in [-0.2, 0) is 0 Å². The summed E-state index contributed by atoms with van der Waals surface area (Å²) >= 11 is 0. The largest absolute Gasteiger partial charge is 0.497 e. The summed E-state index contributed by atoms with van der Waals surface area (Å²) in [6, 6.07) is 5.99. The van der Waals surface area contributed by atoms with E-state index in [9.17, 15) is 0 Å². The molecule has 0 aromatic heterocycles. The van der Waals surface area contributed by atoms with Crippen LogP contribution in [0, 0.1) is 0 Å². The van der Waals surface area contributed by atoms with E-state index in [0.717, 1.165) is 28.3 Å². The molecule has 0 bridgehead atoms. The predicted molar refractivity (Wildman–Crippen MR) is 87.9 cm³/mol. The molecule has 0 saturated carbocycles. The van der Waals surface area contributed by atoms with Crippen molar-refractivity contribution in [2.24, 2.45) is 4.99 Å². The normalized spacial score (nSPS) is 18.0. The third kappa shape index (κ3) is 2.68. The van der Waals surface area contributed by atoms with Crippen molar-refractivity contribution in [1.82, 2.24) is 4.90 Å². The standard InChI is InChI=1S/C18H18N2O/c1-13-16(6-4-14-8-10-20(2)11-9-14)17-12-15(21-3)5-7-18(17)19-13/h4-12H,1-3H3/b16-6+. The van der Waals surface area contributed by atoms with Gasteiger partial charge in [0.2, 0.25) is 0 Å². The Kier molecular flexibility index (Phi) is 3.48. The molecule has 1 aromatic rings. The summed E-state index contributed by atoms with van der Waals surface area (Å²) in [4.78, 5) is 6.62. The van der Waals surface area contributed by atoms with Gasteiger partial charge in [0.15, 0.2) is 0 Å². The van der Waals surface area contributed by atoms with Crippen molar-refractivity contribution < 1.29 is 4.74 Å². The zero-order chi connectivity index (χ0) is 14.8. The highest BCUT2D eigenvalue weighted by atomic mass is 16.5. The van der Waals surface area contributed by atoms with Crippen molar-refractivity contribution in [1.29, 1.82) is 0 Å². The molecular weight excluding hydrogens is 260 g/mol. The van der Waals surface area contributed by atoms with Gasteiger partial charge in [-0.15, -0.1) is 0 Å². The van der Waals surface area contributed by atoms with Crippen LogP contribution < -0.4 is 4.74 Å². The fraction of sp³-hybridized carbons (Fsp3) is 0.167. The number of hydrogen-bond donors (Lipinski definition) is 0. The summed E-state index contributed by atoms with van der Waals surface area (Å²) in [5.41, 5.74) is 5.50. The van der Waals surface area contributed by atoms with E-state index >= 15 is 0 Å². The first-order valence-electron chi connectivity index (χ1n) is 6.92. The van der Waals surface area contributed by atoms with Gasteiger partial charge in [-0.25, -0.2) is 0 Å². The van der Waals surface area contributed by atoms with Gasteiger partial charge in [-0.3, -0.25) is 4.99 Å². The number of benzene rings is 1. The second kappa shape index (κ2) is 5.44. The zero-order valence-electron chi connectivity index (χ0n) is 12.5. The van der Waals surface area contributed by atoms with Gasteiger partial charge in [0.1, 0.15) is 5.75 Å². The van der Waals surface area contributed by atoms with Gasteiger partial charge in [-0.1, -0.05) is 12.2 Å². The quantitative estimate of drug-likeness (QED) is 0.814. The third-order valence-electron chi connectivity index (χ3n) is 3.62. The molecule has 0 N–H and O–H groups in total. The minimum atomic E-state index is 0.858. The molecule has 0 amide bonds. The third-order valence-corrected chi connectivity index (χ3v) is 3.62. The van der Waals surface area contributed by atoms with Crippen LogP contribution in [0.3, 0.4) is 0 Å². The first kappa shape index (κ1) is 13.4. The van der Waals surface area contributed by atoms with E-state index < -0.39 is 0 Å². The molecule has 3 nitrogen and oxygen atoms in total. The van der Waals surface area contributed by atoms with Crippen molar-refractivity contribution in [3.8, 4) is 5.75 Å². The lowest BCUT2D eigenvalue weighted by molar-refractivity contribution is 0.415. The van der Waals surface area contributed by atoms with Crippen molar-refractivity contribution in [3.05, 3.63) is 66.0 Å². The number of aliphatic imine (C=N–C) groups is 1. The van der Waals surface area contributed by atoms with Crippen molar-refractivity contribution in [3.63, 3.8) is 0 Å². The Bertz CT molecular complexity index is 705. The predicted octanol–water partition coefficient (Wildman–Crippen LogP) is 4.08. The van der Waals surface area contributed by atoms with Crippen LogP contribution in [0.15, 0.2) is 65.5 Å². The van der Waals surface area contributed by atoms with Crippen molar-refractivity contribution in [2.75, 3.05) is 14.2 Å². The monoisotopic (exact) mass is 278 g/mol. The van der Waals surface area contributed by atoms with Crippen molar-refractivity contribution >= 4 is 17.0 Å². The van der Waals surface area contributed by atoms with Gasteiger partial charge in [-0.05, 0) is 42.8 Å². The molecule has 2 aliphatic rings. The van der Waals surface area contributed by atoms with Gasteiger partial charge in [0.05, 0.1) is 12.8 Å². The van der Waals surface area contributed by atoms with Crippen LogP contribution in [0.2, 0.25) is 0 Å². The SMILES string of the molecule is COc1ccc2c(c1)/C(=C/C=C1C=CN(C)C=C1)C(C)=N2. The molecule has 21 heavy (non-hydrogen) atoms. The Morgan fingerprint density at radius 3 is 2.62 bits per heavy atom. The number of fused-ring (bicyclic) bond motifs is 1. The van der Waals surface area contributed by atoms with Gasteiger partial charge < -0.3 is 9.64 Å². The molecule has 0 unspecified atom stereocenters. The Hall–Kier alpha value is -2.55. The van der Waals surface area contributed by atoms with E-state index in [-0.39, 0.29) is 0 Å². The molecule has 3 rings (SSSR count). The topological polar surface area (TPSA) is 24.8 Å².